The van der Waals surface area contributed by atoms with Gasteiger partial charge in [-0.1, -0.05) is 18.2 Å². The van der Waals surface area contributed by atoms with Crippen LogP contribution < -0.4 is 10.6 Å². The lowest BCUT2D eigenvalue weighted by molar-refractivity contribution is 0.0957. The molecule has 0 bridgehead atoms. The minimum atomic E-state index is -0.545. The van der Waals surface area contributed by atoms with Crippen LogP contribution in [0, 0.1) is 5.82 Å². The number of nitrogens with zero attached hydrogens (tertiary/aromatic N) is 1. The van der Waals surface area contributed by atoms with E-state index in [9.17, 15) is 14.0 Å². The molecule has 2 N–H and O–H groups in total. The molecular formula is C16H14FN3O2. The number of hydrogen-bond acceptors (Lipinski definition) is 3. The van der Waals surface area contributed by atoms with Gasteiger partial charge >= 0.3 is 0 Å². The minimum Gasteiger partial charge on any atom is -0.349 e. The Hall–Kier alpha value is -3.02. The van der Waals surface area contributed by atoms with Crippen LogP contribution in [0.4, 0.5) is 10.1 Å². The summed E-state index contributed by atoms with van der Waals surface area (Å²) in [6.07, 6.45) is 4.19. The third-order valence-electron chi connectivity index (χ3n) is 2.79. The SMILES string of the molecule is C=CCNC(=O)c1cncc(C(=O)Nc2ccccc2F)c1. The predicted molar refractivity (Wildman–Crippen MR) is 81.1 cm³/mol. The van der Waals surface area contributed by atoms with Crippen molar-refractivity contribution < 1.29 is 14.0 Å². The summed E-state index contributed by atoms with van der Waals surface area (Å²) in [6.45, 7) is 3.81. The molecule has 2 rings (SSSR count). The highest BCUT2D eigenvalue weighted by Crippen LogP contribution is 2.14. The highest BCUT2D eigenvalue weighted by atomic mass is 19.1. The van der Waals surface area contributed by atoms with Gasteiger partial charge in [-0.3, -0.25) is 14.6 Å². The number of aromatic nitrogens is 1. The molecule has 0 saturated carbocycles. The van der Waals surface area contributed by atoms with Gasteiger partial charge in [0.05, 0.1) is 16.8 Å². The number of anilines is 1. The molecular weight excluding hydrogens is 285 g/mol. The minimum absolute atomic E-state index is 0.0639. The number of rotatable bonds is 5. The van der Waals surface area contributed by atoms with Gasteiger partial charge < -0.3 is 10.6 Å². The standard InChI is InChI=1S/C16H14FN3O2/c1-2-7-19-15(21)11-8-12(10-18-9-11)16(22)20-14-6-4-3-5-13(14)17/h2-6,8-10H,1,7H2,(H,19,21)(H,20,22). The van der Waals surface area contributed by atoms with Gasteiger partial charge in [0.1, 0.15) is 5.82 Å². The number of halogens is 1. The second kappa shape index (κ2) is 7.12. The number of pyridine rings is 1. The summed E-state index contributed by atoms with van der Waals surface area (Å²) in [6, 6.07) is 7.21. The Bertz CT molecular complexity index is 716. The maximum atomic E-state index is 13.5. The number of amides is 2. The van der Waals surface area contributed by atoms with Crippen molar-refractivity contribution >= 4 is 17.5 Å². The summed E-state index contributed by atoms with van der Waals surface area (Å²) in [5, 5.41) is 5.02. The number of nitrogens with one attached hydrogen (secondary N) is 2. The van der Waals surface area contributed by atoms with Gasteiger partial charge in [0.2, 0.25) is 0 Å². The van der Waals surface area contributed by atoms with Gasteiger partial charge in [-0.25, -0.2) is 4.39 Å². The van der Waals surface area contributed by atoms with Crippen molar-refractivity contribution in [2.45, 2.75) is 0 Å². The molecule has 1 aromatic carbocycles. The second-order valence-corrected chi connectivity index (χ2v) is 4.39. The second-order valence-electron chi connectivity index (χ2n) is 4.39. The number of hydrogen-bond donors (Lipinski definition) is 2. The van der Waals surface area contributed by atoms with Gasteiger partial charge in [-0.05, 0) is 18.2 Å². The third-order valence-corrected chi connectivity index (χ3v) is 2.79. The molecule has 0 unspecified atom stereocenters. The van der Waals surface area contributed by atoms with Gasteiger partial charge in [0, 0.05) is 18.9 Å². The van der Waals surface area contributed by atoms with E-state index < -0.39 is 11.7 Å². The first-order valence-corrected chi connectivity index (χ1v) is 6.52. The number of carbonyl (C=O) groups excluding carboxylic acids is 2. The fraction of sp³-hybridized carbons (Fsp3) is 0.0625. The maximum Gasteiger partial charge on any atom is 0.257 e. The number of benzene rings is 1. The molecule has 2 aromatic rings. The molecule has 0 aliphatic rings. The molecule has 6 heteroatoms. The molecule has 0 aliphatic carbocycles. The molecule has 0 aliphatic heterocycles. The lowest BCUT2D eigenvalue weighted by Crippen LogP contribution is -2.24. The maximum absolute atomic E-state index is 13.5. The van der Waals surface area contributed by atoms with E-state index in [1.165, 1.54) is 36.7 Å². The van der Waals surface area contributed by atoms with Crippen molar-refractivity contribution in [1.29, 1.82) is 0 Å². The fourth-order valence-electron chi connectivity index (χ4n) is 1.71. The highest BCUT2D eigenvalue weighted by Gasteiger charge is 2.12. The normalized spacial score (nSPS) is 9.86. The van der Waals surface area contributed by atoms with E-state index in [1.807, 2.05) is 0 Å². The Morgan fingerprint density at radius 2 is 1.86 bits per heavy atom. The molecule has 22 heavy (non-hydrogen) atoms. The Kier molecular flexibility index (Phi) is 4.98. The molecule has 0 radical (unpaired) electrons. The van der Waals surface area contributed by atoms with Crippen molar-refractivity contribution in [1.82, 2.24) is 10.3 Å². The summed E-state index contributed by atoms with van der Waals surface area (Å²) in [4.78, 5) is 27.7. The first-order chi connectivity index (χ1) is 10.6. The van der Waals surface area contributed by atoms with Crippen LogP contribution in [-0.4, -0.2) is 23.3 Å². The summed E-state index contributed by atoms with van der Waals surface area (Å²) in [5.41, 5.74) is 0.464. The van der Waals surface area contributed by atoms with Crippen molar-refractivity contribution in [3.8, 4) is 0 Å². The van der Waals surface area contributed by atoms with Gasteiger partial charge in [0.15, 0.2) is 0 Å². The molecule has 112 valence electrons. The Balaban J connectivity index is 2.15. The topological polar surface area (TPSA) is 71.1 Å². The van der Waals surface area contributed by atoms with Gasteiger partial charge in [-0.2, -0.15) is 0 Å². The van der Waals surface area contributed by atoms with E-state index >= 15 is 0 Å². The van der Waals surface area contributed by atoms with Crippen LogP contribution in [0.1, 0.15) is 20.7 Å². The molecule has 0 atom stereocenters. The van der Waals surface area contributed by atoms with Crippen LogP contribution in [0.15, 0.2) is 55.4 Å². The monoisotopic (exact) mass is 299 g/mol. The van der Waals surface area contributed by atoms with Crippen molar-refractivity contribution in [3.63, 3.8) is 0 Å². The molecule has 0 fully saturated rings. The summed E-state index contributed by atoms with van der Waals surface area (Å²) >= 11 is 0. The van der Waals surface area contributed by atoms with E-state index in [0.29, 0.717) is 6.54 Å². The van der Waals surface area contributed by atoms with E-state index in [2.05, 4.69) is 22.2 Å². The molecule has 2 amide bonds. The molecule has 1 heterocycles. The van der Waals surface area contributed by atoms with Crippen LogP contribution in [0.25, 0.3) is 0 Å². The molecule has 0 spiro atoms. The fourth-order valence-corrected chi connectivity index (χ4v) is 1.71. The molecule has 5 nitrogen and oxygen atoms in total. The van der Waals surface area contributed by atoms with Crippen molar-refractivity contribution in [2.75, 3.05) is 11.9 Å². The van der Waals surface area contributed by atoms with Crippen molar-refractivity contribution in [2.24, 2.45) is 0 Å². The highest BCUT2D eigenvalue weighted by molar-refractivity contribution is 6.05. The number of para-hydroxylation sites is 1. The quantitative estimate of drug-likeness (QED) is 0.833. The largest absolute Gasteiger partial charge is 0.349 e. The van der Waals surface area contributed by atoms with Crippen LogP contribution in [0.3, 0.4) is 0 Å². The molecule has 0 saturated heterocycles. The van der Waals surface area contributed by atoms with Gasteiger partial charge in [0.25, 0.3) is 11.8 Å². The van der Waals surface area contributed by atoms with E-state index in [-0.39, 0.29) is 22.7 Å². The van der Waals surface area contributed by atoms with E-state index in [1.54, 1.807) is 12.1 Å². The lowest BCUT2D eigenvalue weighted by atomic mass is 10.2. The smallest absolute Gasteiger partial charge is 0.257 e. The number of carbonyl (C=O) groups is 2. The van der Waals surface area contributed by atoms with Crippen LogP contribution >= 0.6 is 0 Å². The Labute approximate surface area is 126 Å². The third kappa shape index (κ3) is 3.76. The average Bonchev–Trinajstić information content (AvgIpc) is 2.54. The predicted octanol–water partition coefficient (Wildman–Crippen LogP) is 2.39. The first kappa shape index (κ1) is 15.4. The van der Waals surface area contributed by atoms with Crippen molar-refractivity contribution in [3.05, 3.63) is 72.3 Å². The van der Waals surface area contributed by atoms with Crippen LogP contribution in [0.5, 0.6) is 0 Å². The summed E-state index contributed by atoms with van der Waals surface area (Å²) in [7, 11) is 0. The lowest BCUT2D eigenvalue weighted by Gasteiger charge is -2.07. The van der Waals surface area contributed by atoms with Gasteiger partial charge in [-0.15, -0.1) is 6.58 Å². The van der Waals surface area contributed by atoms with E-state index in [0.717, 1.165) is 0 Å². The van der Waals surface area contributed by atoms with E-state index in [4.69, 9.17) is 0 Å². The first-order valence-electron chi connectivity index (χ1n) is 6.52. The zero-order valence-electron chi connectivity index (χ0n) is 11.7. The summed E-state index contributed by atoms with van der Waals surface area (Å²) < 4.78 is 13.5. The summed E-state index contributed by atoms with van der Waals surface area (Å²) in [5.74, 6) is -1.45. The zero-order valence-corrected chi connectivity index (χ0v) is 11.7. The zero-order chi connectivity index (χ0) is 15.9. The Morgan fingerprint density at radius 1 is 1.18 bits per heavy atom. The van der Waals surface area contributed by atoms with Crippen LogP contribution in [-0.2, 0) is 0 Å². The average molecular weight is 299 g/mol. The molecule has 1 aromatic heterocycles. The van der Waals surface area contributed by atoms with Crippen LogP contribution in [0.2, 0.25) is 0 Å². The Morgan fingerprint density at radius 3 is 2.55 bits per heavy atom.